The lowest BCUT2D eigenvalue weighted by molar-refractivity contribution is -0.132. The number of hydrogen-bond donors (Lipinski definition) is 2. The van der Waals surface area contributed by atoms with Crippen LogP contribution in [0.3, 0.4) is 0 Å². The van der Waals surface area contributed by atoms with Gasteiger partial charge >= 0.3 is 0 Å². The third kappa shape index (κ3) is 4.85. The number of aliphatic hydroxyl groups is 1. The number of piperidine rings is 1. The van der Waals surface area contributed by atoms with E-state index in [1.54, 1.807) is 18.2 Å². The van der Waals surface area contributed by atoms with Crippen molar-refractivity contribution in [1.82, 2.24) is 4.90 Å². The van der Waals surface area contributed by atoms with Crippen LogP contribution in [-0.4, -0.2) is 40.2 Å². The quantitative estimate of drug-likeness (QED) is 0.839. The standard InChI is InChI=1S/C22H27NO3/c24-20-9-5-4-8-19(20)16-22(26)23-14-12-18(13-15-23)21(25)11-10-17-6-2-1-3-7-17/h1-9,18,21,24-25H,10-16H2. The van der Waals surface area contributed by atoms with Gasteiger partial charge in [-0.15, -0.1) is 0 Å². The van der Waals surface area contributed by atoms with Gasteiger partial charge in [-0.2, -0.15) is 0 Å². The molecule has 1 unspecified atom stereocenters. The Balaban J connectivity index is 1.44. The van der Waals surface area contributed by atoms with E-state index in [0.29, 0.717) is 18.7 Å². The third-order valence-corrected chi connectivity index (χ3v) is 5.34. The van der Waals surface area contributed by atoms with Gasteiger partial charge in [-0.3, -0.25) is 4.79 Å². The Morgan fingerprint density at radius 1 is 1.04 bits per heavy atom. The van der Waals surface area contributed by atoms with Gasteiger partial charge in [0.25, 0.3) is 0 Å². The van der Waals surface area contributed by atoms with Gasteiger partial charge in [0.2, 0.25) is 5.91 Å². The summed E-state index contributed by atoms with van der Waals surface area (Å²) in [6.45, 7) is 1.36. The summed E-state index contributed by atoms with van der Waals surface area (Å²) < 4.78 is 0. The summed E-state index contributed by atoms with van der Waals surface area (Å²) >= 11 is 0. The fourth-order valence-electron chi connectivity index (χ4n) is 3.66. The molecule has 1 heterocycles. The second-order valence-electron chi connectivity index (χ2n) is 7.12. The maximum atomic E-state index is 12.5. The molecule has 0 bridgehead atoms. The van der Waals surface area contributed by atoms with Crippen molar-refractivity contribution in [2.24, 2.45) is 5.92 Å². The number of aliphatic hydroxyl groups excluding tert-OH is 1. The molecular weight excluding hydrogens is 326 g/mol. The van der Waals surface area contributed by atoms with Crippen molar-refractivity contribution in [3.8, 4) is 5.75 Å². The van der Waals surface area contributed by atoms with Crippen LogP contribution < -0.4 is 0 Å². The molecule has 1 atom stereocenters. The SMILES string of the molecule is O=C(Cc1ccccc1O)N1CCC(C(O)CCc2ccccc2)CC1. The second-order valence-corrected chi connectivity index (χ2v) is 7.12. The second kappa shape index (κ2) is 8.86. The van der Waals surface area contributed by atoms with E-state index in [-0.39, 0.29) is 30.1 Å². The molecule has 3 rings (SSSR count). The van der Waals surface area contributed by atoms with Crippen LogP contribution >= 0.6 is 0 Å². The Morgan fingerprint density at radius 3 is 2.38 bits per heavy atom. The van der Waals surface area contributed by atoms with E-state index in [0.717, 1.165) is 25.7 Å². The summed E-state index contributed by atoms with van der Waals surface area (Å²) in [6, 6.07) is 17.2. The van der Waals surface area contributed by atoms with Gasteiger partial charge in [-0.1, -0.05) is 48.5 Å². The van der Waals surface area contributed by atoms with Gasteiger partial charge in [0.15, 0.2) is 0 Å². The number of phenols is 1. The lowest BCUT2D eigenvalue weighted by atomic mass is 9.88. The predicted octanol–water partition coefficient (Wildman–Crippen LogP) is 3.17. The fourth-order valence-corrected chi connectivity index (χ4v) is 3.66. The van der Waals surface area contributed by atoms with Crippen LogP contribution in [0.2, 0.25) is 0 Å². The predicted molar refractivity (Wildman–Crippen MR) is 102 cm³/mol. The summed E-state index contributed by atoms with van der Waals surface area (Å²) in [5.41, 5.74) is 1.92. The minimum atomic E-state index is -0.314. The summed E-state index contributed by atoms with van der Waals surface area (Å²) in [6.07, 6.45) is 3.24. The Labute approximate surface area is 155 Å². The number of hydrogen-bond acceptors (Lipinski definition) is 3. The Hall–Kier alpha value is -2.33. The minimum absolute atomic E-state index is 0.0451. The van der Waals surface area contributed by atoms with E-state index in [9.17, 15) is 15.0 Å². The summed E-state index contributed by atoms with van der Waals surface area (Å²) in [5, 5.41) is 20.3. The molecule has 4 heteroatoms. The van der Waals surface area contributed by atoms with Crippen LogP contribution in [0.15, 0.2) is 54.6 Å². The first kappa shape index (κ1) is 18.5. The molecule has 138 valence electrons. The number of aromatic hydroxyl groups is 1. The van der Waals surface area contributed by atoms with E-state index in [4.69, 9.17) is 0 Å². The number of carbonyl (C=O) groups excluding carboxylic acids is 1. The first-order valence-electron chi connectivity index (χ1n) is 9.40. The van der Waals surface area contributed by atoms with E-state index in [1.807, 2.05) is 29.2 Å². The highest BCUT2D eigenvalue weighted by Crippen LogP contribution is 2.25. The van der Waals surface area contributed by atoms with E-state index < -0.39 is 0 Å². The highest BCUT2D eigenvalue weighted by molar-refractivity contribution is 5.79. The maximum absolute atomic E-state index is 12.5. The summed E-state index contributed by atoms with van der Waals surface area (Å²) in [5.74, 6) is 0.476. The number of phenolic OH excluding ortho intramolecular Hbond substituents is 1. The lowest BCUT2D eigenvalue weighted by Gasteiger charge is -2.34. The number of rotatable bonds is 6. The summed E-state index contributed by atoms with van der Waals surface area (Å²) in [7, 11) is 0. The normalized spacial score (nSPS) is 16.4. The first-order valence-corrected chi connectivity index (χ1v) is 9.40. The fraction of sp³-hybridized carbons (Fsp3) is 0.409. The van der Waals surface area contributed by atoms with Crippen LogP contribution in [0, 0.1) is 5.92 Å². The van der Waals surface area contributed by atoms with Gasteiger partial charge in [-0.25, -0.2) is 0 Å². The molecule has 1 saturated heterocycles. The Kier molecular flexibility index (Phi) is 6.29. The van der Waals surface area contributed by atoms with E-state index >= 15 is 0 Å². The van der Waals surface area contributed by atoms with Crippen molar-refractivity contribution in [1.29, 1.82) is 0 Å². The number of benzene rings is 2. The Morgan fingerprint density at radius 2 is 1.69 bits per heavy atom. The van der Waals surface area contributed by atoms with Crippen molar-refractivity contribution in [2.75, 3.05) is 13.1 Å². The highest BCUT2D eigenvalue weighted by Gasteiger charge is 2.27. The molecule has 26 heavy (non-hydrogen) atoms. The zero-order valence-electron chi connectivity index (χ0n) is 15.1. The molecule has 2 N–H and O–H groups in total. The van der Waals surface area contributed by atoms with Crippen LogP contribution in [0.1, 0.15) is 30.4 Å². The topological polar surface area (TPSA) is 60.8 Å². The number of aryl methyl sites for hydroxylation is 1. The maximum Gasteiger partial charge on any atom is 0.227 e. The number of likely N-dealkylation sites (tertiary alicyclic amines) is 1. The van der Waals surface area contributed by atoms with Crippen molar-refractivity contribution in [3.63, 3.8) is 0 Å². The molecule has 0 aromatic heterocycles. The van der Waals surface area contributed by atoms with Gasteiger partial charge in [0.1, 0.15) is 5.75 Å². The average molecular weight is 353 g/mol. The van der Waals surface area contributed by atoms with Gasteiger partial charge in [0, 0.05) is 18.7 Å². The first-order chi connectivity index (χ1) is 12.6. The van der Waals surface area contributed by atoms with E-state index in [1.165, 1.54) is 5.56 Å². The highest BCUT2D eigenvalue weighted by atomic mass is 16.3. The van der Waals surface area contributed by atoms with Crippen LogP contribution in [0.25, 0.3) is 0 Å². The van der Waals surface area contributed by atoms with Gasteiger partial charge in [0.05, 0.1) is 12.5 Å². The van der Waals surface area contributed by atoms with Gasteiger partial charge in [-0.05, 0) is 43.2 Å². The zero-order valence-corrected chi connectivity index (χ0v) is 15.1. The minimum Gasteiger partial charge on any atom is -0.508 e. The van der Waals surface area contributed by atoms with Crippen molar-refractivity contribution < 1.29 is 15.0 Å². The van der Waals surface area contributed by atoms with Crippen LogP contribution in [0.4, 0.5) is 0 Å². The Bertz CT molecular complexity index is 708. The van der Waals surface area contributed by atoms with Gasteiger partial charge < -0.3 is 15.1 Å². The molecule has 0 aliphatic carbocycles. The lowest BCUT2D eigenvalue weighted by Crippen LogP contribution is -2.42. The number of carbonyl (C=O) groups is 1. The molecule has 0 saturated carbocycles. The molecule has 1 amide bonds. The molecule has 4 nitrogen and oxygen atoms in total. The van der Waals surface area contributed by atoms with E-state index in [2.05, 4.69) is 12.1 Å². The largest absolute Gasteiger partial charge is 0.508 e. The molecule has 1 aliphatic heterocycles. The number of amides is 1. The van der Waals surface area contributed by atoms with Crippen LogP contribution in [0.5, 0.6) is 5.75 Å². The molecule has 1 fully saturated rings. The number of nitrogens with zero attached hydrogens (tertiary/aromatic N) is 1. The summed E-state index contributed by atoms with van der Waals surface area (Å²) in [4.78, 5) is 14.3. The zero-order chi connectivity index (χ0) is 18.4. The van der Waals surface area contributed by atoms with Crippen LogP contribution in [-0.2, 0) is 17.6 Å². The molecule has 1 aliphatic rings. The third-order valence-electron chi connectivity index (χ3n) is 5.34. The molecule has 0 radical (unpaired) electrons. The molecular formula is C22H27NO3. The smallest absolute Gasteiger partial charge is 0.227 e. The van der Waals surface area contributed by atoms with Crippen molar-refractivity contribution in [3.05, 3.63) is 65.7 Å². The molecule has 0 spiro atoms. The number of para-hydroxylation sites is 1. The van der Waals surface area contributed by atoms with Crippen molar-refractivity contribution in [2.45, 2.75) is 38.2 Å². The molecule has 2 aromatic carbocycles. The molecule has 2 aromatic rings. The average Bonchev–Trinajstić information content (AvgIpc) is 2.69. The monoisotopic (exact) mass is 353 g/mol. The van der Waals surface area contributed by atoms with Crippen molar-refractivity contribution >= 4 is 5.91 Å².